The molecule has 9 nitrogen and oxygen atoms in total. The van der Waals surface area contributed by atoms with Crippen molar-refractivity contribution in [3.05, 3.63) is 58.6 Å². The minimum Gasteiger partial charge on any atom is -0.324 e. The topological polar surface area (TPSA) is 116 Å². The van der Waals surface area contributed by atoms with Gasteiger partial charge in [0.05, 0.1) is 4.90 Å². The van der Waals surface area contributed by atoms with Gasteiger partial charge >= 0.3 is 6.03 Å². The standard InChI is InChI=1S/C21H23ClN4O5S/c1-13-9-10-14(32(30,31)25(3)4)11-17(13)23-18(27)12-26-19(28)21(2,24-20(26)29)15-7-5-6-8-16(15)22/h5-11H,12H2,1-4H3,(H,23,27)(H,24,29). The number of nitrogens with zero attached hydrogens (tertiary/aromatic N) is 2. The van der Waals surface area contributed by atoms with Crippen LogP contribution in [0.3, 0.4) is 0 Å². The van der Waals surface area contributed by atoms with E-state index in [1.165, 1.54) is 33.2 Å². The lowest BCUT2D eigenvalue weighted by atomic mass is 9.92. The summed E-state index contributed by atoms with van der Waals surface area (Å²) in [7, 11) is -0.894. The van der Waals surface area contributed by atoms with E-state index in [4.69, 9.17) is 11.6 Å². The maximum absolute atomic E-state index is 13.0. The SMILES string of the molecule is Cc1ccc(S(=O)(=O)N(C)C)cc1NC(=O)CN1C(=O)NC(C)(c2ccccc2Cl)C1=O. The summed E-state index contributed by atoms with van der Waals surface area (Å²) in [5.41, 5.74) is -0.112. The van der Waals surface area contributed by atoms with Crippen molar-refractivity contribution < 1.29 is 22.8 Å². The van der Waals surface area contributed by atoms with Crippen LogP contribution in [0.15, 0.2) is 47.4 Å². The average Bonchev–Trinajstić information content (AvgIpc) is 2.93. The number of carbonyl (C=O) groups excluding carboxylic acids is 3. The molecule has 32 heavy (non-hydrogen) atoms. The summed E-state index contributed by atoms with van der Waals surface area (Å²) in [4.78, 5) is 39.0. The molecule has 0 aromatic heterocycles. The van der Waals surface area contributed by atoms with Crippen LogP contribution in [-0.4, -0.2) is 56.1 Å². The Labute approximate surface area is 191 Å². The maximum Gasteiger partial charge on any atom is 0.325 e. The largest absolute Gasteiger partial charge is 0.325 e. The Hall–Kier alpha value is -2.95. The van der Waals surface area contributed by atoms with Gasteiger partial charge in [-0.2, -0.15) is 0 Å². The van der Waals surface area contributed by atoms with Crippen molar-refractivity contribution in [3.8, 4) is 0 Å². The third-order valence-electron chi connectivity index (χ3n) is 5.25. The summed E-state index contributed by atoms with van der Waals surface area (Å²) in [6.07, 6.45) is 0. The van der Waals surface area contributed by atoms with E-state index in [2.05, 4.69) is 10.6 Å². The molecule has 0 saturated carbocycles. The molecule has 4 amide bonds. The van der Waals surface area contributed by atoms with Gasteiger partial charge in [-0.25, -0.2) is 17.5 Å². The van der Waals surface area contributed by atoms with Crippen LogP contribution < -0.4 is 10.6 Å². The number of benzene rings is 2. The first-order chi connectivity index (χ1) is 14.9. The number of hydrogen-bond donors (Lipinski definition) is 2. The van der Waals surface area contributed by atoms with Crippen molar-refractivity contribution in [1.82, 2.24) is 14.5 Å². The smallest absolute Gasteiger partial charge is 0.324 e. The number of sulfonamides is 1. The van der Waals surface area contributed by atoms with Gasteiger partial charge in [-0.05, 0) is 37.6 Å². The van der Waals surface area contributed by atoms with E-state index in [-0.39, 0.29) is 10.6 Å². The number of rotatable bonds is 6. The van der Waals surface area contributed by atoms with Crippen LogP contribution in [0.5, 0.6) is 0 Å². The minimum absolute atomic E-state index is 0.00434. The van der Waals surface area contributed by atoms with Gasteiger partial charge in [0.25, 0.3) is 5.91 Å². The van der Waals surface area contributed by atoms with E-state index in [0.29, 0.717) is 16.1 Å². The Morgan fingerprint density at radius 2 is 1.84 bits per heavy atom. The number of nitrogens with one attached hydrogen (secondary N) is 2. The Balaban J connectivity index is 1.81. The number of hydrogen-bond acceptors (Lipinski definition) is 5. The van der Waals surface area contributed by atoms with Crippen LogP contribution in [0, 0.1) is 6.92 Å². The first-order valence-electron chi connectivity index (χ1n) is 9.60. The fourth-order valence-corrected chi connectivity index (χ4v) is 4.58. The zero-order valence-electron chi connectivity index (χ0n) is 18.0. The van der Waals surface area contributed by atoms with Gasteiger partial charge in [0.15, 0.2) is 0 Å². The van der Waals surface area contributed by atoms with Gasteiger partial charge in [0, 0.05) is 30.4 Å². The van der Waals surface area contributed by atoms with Crippen molar-refractivity contribution >= 4 is 45.2 Å². The van der Waals surface area contributed by atoms with E-state index < -0.39 is 40.0 Å². The van der Waals surface area contributed by atoms with E-state index in [9.17, 15) is 22.8 Å². The molecular weight excluding hydrogens is 456 g/mol. The average molecular weight is 479 g/mol. The van der Waals surface area contributed by atoms with Crippen LogP contribution in [0.25, 0.3) is 0 Å². The van der Waals surface area contributed by atoms with Crippen LogP contribution in [0.1, 0.15) is 18.1 Å². The van der Waals surface area contributed by atoms with Crippen molar-refractivity contribution in [2.75, 3.05) is 26.0 Å². The molecule has 0 bridgehead atoms. The van der Waals surface area contributed by atoms with Crippen LogP contribution in [0.2, 0.25) is 5.02 Å². The number of anilines is 1. The summed E-state index contributed by atoms with van der Waals surface area (Å²) >= 11 is 6.21. The van der Waals surface area contributed by atoms with Crippen LogP contribution >= 0.6 is 11.6 Å². The van der Waals surface area contributed by atoms with Crippen molar-refractivity contribution in [2.45, 2.75) is 24.3 Å². The zero-order valence-corrected chi connectivity index (χ0v) is 19.5. The van der Waals surface area contributed by atoms with E-state index in [0.717, 1.165) is 9.21 Å². The molecule has 2 aromatic carbocycles. The second kappa shape index (κ2) is 8.53. The first-order valence-corrected chi connectivity index (χ1v) is 11.4. The quantitative estimate of drug-likeness (QED) is 0.618. The molecule has 0 radical (unpaired) electrons. The molecule has 1 fully saturated rings. The fourth-order valence-electron chi connectivity index (χ4n) is 3.33. The molecule has 1 saturated heterocycles. The highest BCUT2D eigenvalue weighted by Gasteiger charge is 2.50. The molecular formula is C21H23ClN4O5S. The molecule has 1 unspecified atom stereocenters. The molecule has 170 valence electrons. The minimum atomic E-state index is -3.70. The highest BCUT2D eigenvalue weighted by molar-refractivity contribution is 7.89. The number of carbonyl (C=O) groups is 3. The maximum atomic E-state index is 13.0. The Kier molecular flexibility index (Phi) is 6.32. The molecule has 0 aliphatic carbocycles. The Morgan fingerprint density at radius 3 is 2.47 bits per heavy atom. The highest BCUT2D eigenvalue weighted by atomic mass is 35.5. The highest BCUT2D eigenvalue weighted by Crippen LogP contribution is 2.33. The number of amides is 4. The Bertz CT molecular complexity index is 1210. The van der Waals surface area contributed by atoms with Crippen LogP contribution in [-0.2, 0) is 25.2 Å². The second-order valence-corrected chi connectivity index (χ2v) is 10.3. The molecule has 2 aromatic rings. The summed E-state index contributed by atoms with van der Waals surface area (Å²) in [6, 6.07) is 10.2. The third kappa shape index (κ3) is 4.21. The molecule has 1 atom stereocenters. The summed E-state index contributed by atoms with van der Waals surface area (Å²) in [5.74, 6) is -1.27. The van der Waals surface area contributed by atoms with E-state index in [1.54, 1.807) is 37.3 Å². The van der Waals surface area contributed by atoms with Gasteiger partial charge in [-0.3, -0.25) is 14.5 Å². The molecule has 1 aliphatic heterocycles. The predicted octanol–water partition coefficient (Wildman–Crippen LogP) is 2.30. The fraction of sp³-hybridized carbons (Fsp3) is 0.286. The van der Waals surface area contributed by atoms with Crippen LogP contribution in [0.4, 0.5) is 10.5 Å². The van der Waals surface area contributed by atoms with Gasteiger partial charge in [-0.15, -0.1) is 0 Å². The molecule has 1 aliphatic rings. The van der Waals surface area contributed by atoms with E-state index >= 15 is 0 Å². The number of urea groups is 1. The molecule has 2 N–H and O–H groups in total. The normalized spacial score (nSPS) is 18.8. The number of aryl methyl sites for hydroxylation is 1. The van der Waals surface area contributed by atoms with Gasteiger partial charge in [0.2, 0.25) is 15.9 Å². The molecule has 3 rings (SSSR count). The van der Waals surface area contributed by atoms with Crippen molar-refractivity contribution in [1.29, 1.82) is 0 Å². The van der Waals surface area contributed by atoms with Gasteiger partial charge < -0.3 is 10.6 Å². The third-order valence-corrected chi connectivity index (χ3v) is 7.39. The molecule has 11 heteroatoms. The summed E-state index contributed by atoms with van der Waals surface area (Å²) in [5, 5.41) is 5.49. The molecule has 0 spiro atoms. The van der Waals surface area contributed by atoms with Crippen molar-refractivity contribution in [2.24, 2.45) is 0 Å². The lowest BCUT2D eigenvalue weighted by Gasteiger charge is -2.23. The Morgan fingerprint density at radius 1 is 1.19 bits per heavy atom. The monoisotopic (exact) mass is 478 g/mol. The number of imide groups is 1. The second-order valence-electron chi connectivity index (χ2n) is 7.74. The van der Waals surface area contributed by atoms with Crippen molar-refractivity contribution in [3.63, 3.8) is 0 Å². The number of halogens is 1. The van der Waals surface area contributed by atoms with Gasteiger partial charge in [0.1, 0.15) is 12.1 Å². The predicted molar refractivity (Wildman–Crippen MR) is 120 cm³/mol. The summed E-state index contributed by atoms with van der Waals surface area (Å²) in [6.45, 7) is 2.67. The summed E-state index contributed by atoms with van der Waals surface area (Å²) < 4.78 is 25.8. The van der Waals surface area contributed by atoms with E-state index in [1.807, 2.05) is 0 Å². The first kappa shape index (κ1) is 23.7. The molecule has 1 heterocycles. The lowest BCUT2D eigenvalue weighted by molar-refractivity contribution is -0.133. The zero-order chi connectivity index (χ0) is 23.8. The van der Waals surface area contributed by atoms with Gasteiger partial charge in [-0.1, -0.05) is 35.9 Å². The lowest BCUT2D eigenvalue weighted by Crippen LogP contribution is -2.42.